The molecular formula is C23H28O6. The molecule has 0 spiro atoms. The molecular weight excluding hydrogens is 372 g/mol. The van der Waals surface area contributed by atoms with E-state index < -0.39 is 17.8 Å². The van der Waals surface area contributed by atoms with E-state index in [1.807, 2.05) is 20.8 Å². The molecule has 0 saturated carbocycles. The lowest BCUT2D eigenvalue weighted by atomic mass is 9.76. The van der Waals surface area contributed by atoms with Crippen LogP contribution in [-0.4, -0.2) is 32.6 Å². The fourth-order valence-electron chi connectivity index (χ4n) is 4.62. The van der Waals surface area contributed by atoms with Crippen molar-refractivity contribution in [1.82, 2.24) is 0 Å². The number of aliphatic hydroxyl groups excluding tert-OH is 2. The van der Waals surface area contributed by atoms with Crippen LogP contribution >= 0.6 is 0 Å². The Labute approximate surface area is 170 Å². The Bertz CT molecular complexity index is 910. The standard InChI is InChI=1S/C23H28O6/c1-12(2)5-4-6-23(3)16-11-19(27)18(26)9-14(16)22-21(29-23)10-15-17(25)7-13(24)8-20(15)28-22/h5,7-9,11,15,17,21-22,24-27H,4,6,10H2,1-3H3/t15?,17?,21-,22+,23?/m0/s1. The van der Waals surface area contributed by atoms with Gasteiger partial charge >= 0.3 is 0 Å². The summed E-state index contributed by atoms with van der Waals surface area (Å²) in [7, 11) is 0. The van der Waals surface area contributed by atoms with Crippen LogP contribution in [0.5, 0.6) is 11.5 Å². The molecule has 1 aliphatic carbocycles. The summed E-state index contributed by atoms with van der Waals surface area (Å²) >= 11 is 0. The molecule has 0 radical (unpaired) electrons. The second-order valence-corrected chi connectivity index (χ2v) is 8.64. The first kappa shape index (κ1) is 19.9. The van der Waals surface area contributed by atoms with Crippen LogP contribution in [0.15, 0.2) is 47.5 Å². The number of rotatable bonds is 3. The van der Waals surface area contributed by atoms with Gasteiger partial charge in [-0.05, 0) is 63.8 Å². The van der Waals surface area contributed by atoms with Crippen molar-refractivity contribution >= 4 is 0 Å². The lowest BCUT2D eigenvalue weighted by Gasteiger charge is -2.49. The molecule has 5 atom stereocenters. The number of aliphatic hydroxyl groups is 2. The van der Waals surface area contributed by atoms with Crippen molar-refractivity contribution in [2.45, 2.75) is 63.9 Å². The van der Waals surface area contributed by atoms with Gasteiger partial charge in [0.05, 0.1) is 11.7 Å². The lowest BCUT2D eigenvalue weighted by molar-refractivity contribution is -0.188. The highest BCUT2D eigenvalue weighted by Crippen LogP contribution is 2.53. The van der Waals surface area contributed by atoms with Crippen LogP contribution in [0.3, 0.4) is 0 Å². The molecule has 3 unspecified atom stereocenters. The number of fused-ring (bicyclic) bond motifs is 4. The SMILES string of the molecule is CC(C)=CCCC1(C)O[C@H]2CC3C(=CC(O)=CC3O)O[C@@H]2c2cc(O)c(O)cc21. The summed E-state index contributed by atoms with van der Waals surface area (Å²) in [5.41, 5.74) is 2.10. The zero-order valence-electron chi connectivity index (χ0n) is 16.9. The van der Waals surface area contributed by atoms with Crippen LogP contribution in [-0.2, 0) is 15.1 Å². The van der Waals surface area contributed by atoms with E-state index in [9.17, 15) is 20.4 Å². The number of benzene rings is 1. The number of ether oxygens (including phenoxy) is 2. The predicted octanol–water partition coefficient (Wildman–Crippen LogP) is 4.24. The minimum absolute atomic E-state index is 0.0285. The van der Waals surface area contributed by atoms with Crippen molar-refractivity contribution < 1.29 is 29.9 Å². The van der Waals surface area contributed by atoms with E-state index in [2.05, 4.69) is 6.08 Å². The minimum Gasteiger partial charge on any atom is -0.508 e. The molecule has 0 bridgehead atoms. The molecule has 4 N–H and O–H groups in total. The van der Waals surface area contributed by atoms with E-state index in [0.717, 1.165) is 17.5 Å². The summed E-state index contributed by atoms with van der Waals surface area (Å²) in [4.78, 5) is 0. The molecule has 3 aliphatic rings. The van der Waals surface area contributed by atoms with E-state index >= 15 is 0 Å². The Balaban J connectivity index is 1.75. The largest absolute Gasteiger partial charge is 0.508 e. The third kappa shape index (κ3) is 3.51. The van der Waals surface area contributed by atoms with Gasteiger partial charge in [-0.15, -0.1) is 0 Å². The fourth-order valence-corrected chi connectivity index (χ4v) is 4.62. The summed E-state index contributed by atoms with van der Waals surface area (Å²) in [6, 6.07) is 3.10. The van der Waals surface area contributed by atoms with Crippen molar-refractivity contribution in [2.75, 3.05) is 0 Å². The van der Waals surface area contributed by atoms with E-state index in [0.29, 0.717) is 18.6 Å². The van der Waals surface area contributed by atoms with Gasteiger partial charge in [0.15, 0.2) is 11.5 Å². The Morgan fingerprint density at radius 1 is 1.21 bits per heavy atom. The van der Waals surface area contributed by atoms with Crippen LogP contribution in [0.1, 0.15) is 57.3 Å². The Hall–Kier alpha value is -2.44. The van der Waals surface area contributed by atoms with Gasteiger partial charge in [-0.1, -0.05) is 11.6 Å². The van der Waals surface area contributed by atoms with Crippen LogP contribution < -0.4 is 0 Å². The number of hydrogen-bond acceptors (Lipinski definition) is 6. The second kappa shape index (κ2) is 7.11. The first-order chi connectivity index (χ1) is 13.7. The highest BCUT2D eigenvalue weighted by molar-refractivity contribution is 5.50. The topological polar surface area (TPSA) is 99.4 Å². The molecule has 0 amide bonds. The molecule has 6 nitrogen and oxygen atoms in total. The van der Waals surface area contributed by atoms with Crippen LogP contribution in [0.4, 0.5) is 0 Å². The second-order valence-electron chi connectivity index (χ2n) is 8.64. The van der Waals surface area contributed by atoms with Crippen molar-refractivity contribution in [2.24, 2.45) is 5.92 Å². The summed E-state index contributed by atoms with van der Waals surface area (Å²) in [5.74, 6) is -0.210. The third-order valence-corrected chi connectivity index (χ3v) is 6.10. The molecule has 4 rings (SSSR count). The molecule has 1 saturated heterocycles. The average molecular weight is 400 g/mol. The Morgan fingerprint density at radius 3 is 2.66 bits per heavy atom. The van der Waals surface area contributed by atoms with Gasteiger partial charge in [-0.25, -0.2) is 0 Å². The van der Waals surface area contributed by atoms with Gasteiger partial charge < -0.3 is 29.9 Å². The van der Waals surface area contributed by atoms with Crippen molar-refractivity contribution in [1.29, 1.82) is 0 Å². The van der Waals surface area contributed by atoms with E-state index in [-0.39, 0.29) is 29.3 Å². The van der Waals surface area contributed by atoms with Gasteiger partial charge in [0.1, 0.15) is 23.7 Å². The maximum absolute atomic E-state index is 10.4. The lowest BCUT2D eigenvalue weighted by Crippen LogP contribution is -2.47. The van der Waals surface area contributed by atoms with Gasteiger partial charge in [-0.2, -0.15) is 0 Å². The van der Waals surface area contributed by atoms with Gasteiger partial charge in [0, 0.05) is 17.6 Å². The first-order valence-corrected chi connectivity index (χ1v) is 10.0. The normalized spacial score (nSPS) is 32.7. The molecule has 156 valence electrons. The molecule has 0 aromatic heterocycles. The number of phenolic OH excluding ortho intramolecular Hbond substituents is 2. The maximum Gasteiger partial charge on any atom is 0.157 e. The fraction of sp³-hybridized carbons (Fsp3) is 0.478. The van der Waals surface area contributed by atoms with Crippen LogP contribution in [0.2, 0.25) is 0 Å². The molecule has 2 aliphatic heterocycles. The molecule has 6 heteroatoms. The van der Waals surface area contributed by atoms with E-state index in [4.69, 9.17) is 9.47 Å². The number of phenols is 2. The van der Waals surface area contributed by atoms with Gasteiger partial charge in [-0.3, -0.25) is 0 Å². The highest BCUT2D eigenvalue weighted by atomic mass is 16.6. The molecule has 1 aromatic rings. The third-order valence-electron chi connectivity index (χ3n) is 6.10. The quantitative estimate of drug-likeness (QED) is 0.447. The molecule has 1 aromatic carbocycles. The smallest absolute Gasteiger partial charge is 0.157 e. The van der Waals surface area contributed by atoms with Crippen LogP contribution in [0.25, 0.3) is 0 Å². The molecule has 1 fully saturated rings. The van der Waals surface area contributed by atoms with E-state index in [1.54, 1.807) is 12.1 Å². The summed E-state index contributed by atoms with van der Waals surface area (Å²) in [6.07, 6.45) is 5.47. The zero-order valence-corrected chi connectivity index (χ0v) is 16.9. The van der Waals surface area contributed by atoms with Crippen molar-refractivity contribution in [3.63, 3.8) is 0 Å². The Kier molecular flexibility index (Phi) is 4.87. The minimum atomic E-state index is -0.842. The molecule has 2 heterocycles. The maximum atomic E-state index is 10.4. The van der Waals surface area contributed by atoms with Gasteiger partial charge in [0.2, 0.25) is 0 Å². The number of aromatic hydroxyl groups is 2. The van der Waals surface area contributed by atoms with Crippen molar-refractivity contribution in [3.8, 4) is 11.5 Å². The monoisotopic (exact) mass is 400 g/mol. The first-order valence-electron chi connectivity index (χ1n) is 10.0. The summed E-state index contributed by atoms with van der Waals surface area (Å²) < 4.78 is 12.7. The van der Waals surface area contributed by atoms with Gasteiger partial charge in [0.25, 0.3) is 0 Å². The average Bonchev–Trinajstić information content (AvgIpc) is 2.62. The predicted molar refractivity (Wildman–Crippen MR) is 107 cm³/mol. The van der Waals surface area contributed by atoms with E-state index in [1.165, 1.54) is 17.7 Å². The molecule has 29 heavy (non-hydrogen) atoms. The number of allylic oxidation sites excluding steroid dienone is 3. The Morgan fingerprint density at radius 2 is 1.93 bits per heavy atom. The zero-order chi connectivity index (χ0) is 20.9. The highest BCUT2D eigenvalue weighted by Gasteiger charge is 2.49. The summed E-state index contributed by atoms with van der Waals surface area (Å²) in [5, 5.41) is 40.5. The van der Waals surface area contributed by atoms with Crippen LogP contribution in [0, 0.1) is 5.92 Å². The number of hydrogen-bond donors (Lipinski definition) is 4. The van der Waals surface area contributed by atoms with Crippen molar-refractivity contribution in [3.05, 3.63) is 58.6 Å². The summed E-state index contributed by atoms with van der Waals surface area (Å²) in [6.45, 7) is 6.09.